The summed E-state index contributed by atoms with van der Waals surface area (Å²) in [6.07, 6.45) is 1.17. The summed E-state index contributed by atoms with van der Waals surface area (Å²) in [5.41, 5.74) is 0.259. The topological polar surface area (TPSA) is 55.6 Å². The quantitative estimate of drug-likeness (QED) is 0.783. The van der Waals surface area contributed by atoms with Crippen LogP contribution in [0.3, 0.4) is 0 Å². The van der Waals surface area contributed by atoms with Gasteiger partial charge in [-0.3, -0.25) is 9.63 Å². The van der Waals surface area contributed by atoms with Crippen LogP contribution in [0.15, 0.2) is 34.9 Å². The maximum atomic E-state index is 13.5. The van der Waals surface area contributed by atoms with E-state index in [4.69, 9.17) is 9.25 Å². The molecule has 1 heterocycles. The van der Waals surface area contributed by atoms with Gasteiger partial charge in [0.2, 0.25) is 5.89 Å². The summed E-state index contributed by atoms with van der Waals surface area (Å²) in [4.78, 5) is 20.4. The van der Waals surface area contributed by atoms with Crippen LogP contribution in [-0.2, 0) is 4.84 Å². The Hall–Kier alpha value is -2.21. The van der Waals surface area contributed by atoms with Gasteiger partial charge in [-0.1, -0.05) is 12.1 Å². The number of nitrogens with zero attached hydrogens (tertiary/aromatic N) is 2. The number of amides is 1. The molecule has 0 aliphatic rings. The predicted octanol–water partition coefficient (Wildman–Crippen LogP) is 2.11. The molecule has 0 aliphatic heterocycles. The van der Waals surface area contributed by atoms with E-state index in [1.54, 1.807) is 12.1 Å². The fourth-order valence-electron chi connectivity index (χ4n) is 1.37. The molecule has 0 atom stereocenters. The summed E-state index contributed by atoms with van der Waals surface area (Å²) in [7, 11) is 2.80. The van der Waals surface area contributed by atoms with E-state index in [2.05, 4.69) is 4.98 Å². The predicted molar refractivity (Wildman–Crippen MR) is 61.0 cm³/mol. The van der Waals surface area contributed by atoms with Crippen molar-refractivity contribution in [3.8, 4) is 11.5 Å². The van der Waals surface area contributed by atoms with Crippen molar-refractivity contribution in [1.29, 1.82) is 0 Å². The summed E-state index contributed by atoms with van der Waals surface area (Å²) < 4.78 is 18.6. The number of carbonyl (C=O) groups excluding carboxylic acids is 1. The average Bonchev–Trinajstić information content (AvgIpc) is 2.87. The zero-order valence-corrected chi connectivity index (χ0v) is 9.88. The highest BCUT2D eigenvalue weighted by Gasteiger charge is 2.18. The second-order valence-corrected chi connectivity index (χ2v) is 3.50. The van der Waals surface area contributed by atoms with Crippen molar-refractivity contribution in [2.24, 2.45) is 0 Å². The third kappa shape index (κ3) is 2.23. The van der Waals surface area contributed by atoms with Crippen LogP contribution in [0.2, 0.25) is 0 Å². The van der Waals surface area contributed by atoms with Gasteiger partial charge in [-0.2, -0.15) is 0 Å². The molecule has 2 rings (SSSR count). The van der Waals surface area contributed by atoms with Crippen molar-refractivity contribution < 1.29 is 18.4 Å². The Labute approximate surface area is 103 Å². The van der Waals surface area contributed by atoms with E-state index in [9.17, 15) is 9.18 Å². The average molecular weight is 250 g/mol. The monoisotopic (exact) mass is 250 g/mol. The molecule has 94 valence electrons. The first-order valence-electron chi connectivity index (χ1n) is 5.16. The Morgan fingerprint density at radius 1 is 1.44 bits per heavy atom. The Bertz CT molecular complexity index is 568. The van der Waals surface area contributed by atoms with E-state index in [1.807, 2.05) is 0 Å². The van der Waals surface area contributed by atoms with Gasteiger partial charge < -0.3 is 4.42 Å². The van der Waals surface area contributed by atoms with Crippen LogP contribution in [-0.4, -0.2) is 30.1 Å². The highest BCUT2D eigenvalue weighted by molar-refractivity contribution is 5.91. The van der Waals surface area contributed by atoms with Crippen LogP contribution >= 0.6 is 0 Å². The van der Waals surface area contributed by atoms with Gasteiger partial charge in [0.05, 0.1) is 12.7 Å². The van der Waals surface area contributed by atoms with E-state index in [1.165, 1.54) is 32.6 Å². The number of aromatic nitrogens is 1. The summed E-state index contributed by atoms with van der Waals surface area (Å²) >= 11 is 0. The third-order valence-corrected chi connectivity index (χ3v) is 2.39. The highest BCUT2D eigenvalue weighted by Crippen LogP contribution is 2.21. The number of oxazole rings is 1. The Morgan fingerprint density at radius 3 is 2.83 bits per heavy atom. The van der Waals surface area contributed by atoms with Gasteiger partial charge in [0.1, 0.15) is 12.1 Å². The minimum atomic E-state index is -0.469. The number of rotatable bonds is 3. The van der Waals surface area contributed by atoms with Gasteiger partial charge in [0.25, 0.3) is 5.91 Å². The molecule has 0 unspecified atom stereocenters. The van der Waals surface area contributed by atoms with E-state index in [0.29, 0.717) is 0 Å². The molecule has 0 fully saturated rings. The summed E-state index contributed by atoms with van der Waals surface area (Å²) in [6, 6.07) is 6.04. The van der Waals surface area contributed by atoms with Crippen LogP contribution < -0.4 is 0 Å². The smallest absolute Gasteiger partial charge is 0.299 e. The lowest BCUT2D eigenvalue weighted by Crippen LogP contribution is -2.25. The second kappa shape index (κ2) is 4.97. The van der Waals surface area contributed by atoms with E-state index in [0.717, 1.165) is 5.06 Å². The van der Waals surface area contributed by atoms with Crippen molar-refractivity contribution >= 4 is 5.91 Å². The number of carbonyl (C=O) groups is 1. The van der Waals surface area contributed by atoms with Crippen LogP contribution in [0.1, 0.15) is 10.5 Å². The molecular formula is C12H11FN2O3. The first kappa shape index (κ1) is 12.3. The molecule has 1 aromatic carbocycles. The lowest BCUT2D eigenvalue weighted by molar-refractivity contribution is -0.0760. The zero-order valence-electron chi connectivity index (χ0n) is 9.88. The SMILES string of the molecule is CON(C)C(=O)c1coc(-c2ccccc2F)n1. The van der Waals surface area contributed by atoms with E-state index >= 15 is 0 Å². The maximum Gasteiger partial charge on any atom is 0.299 e. The van der Waals surface area contributed by atoms with Crippen molar-refractivity contribution in [2.75, 3.05) is 14.2 Å². The number of halogens is 1. The number of benzene rings is 1. The van der Waals surface area contributed by atoms with Crippen LogP contribution in [0.4, 0.5) is 4.39 Å². The molecular weight excluding hydrogens is 239 g/mol. The molecule has 0 radical (unpaired) electrons. The number of hydrogen-bond donors (Lipinski definition) is 0. The molecule has 18 heavy (non-hydrogen) atoms. The van der Waals surface area contributed by atoms with Crippen LogP contribution in [0, 0.1) is 5.82 Å². The van der Waals surface area contributed by atoms with Gasteiger partial charge in [-0.05, 0) is 12.1 Å². The Kier molecular flexibility index (Phi) is 3.38. The molecule has 0 spiro atoms. The molecule has 2 aromatic rings. The Morgan fingerprint density at radius 2 is 2.17 bits per heavy atom. The van der Waals surface area contributed by atoms with Gasteiger partial charge in [-0.15, -0.1) is 0 Å². The molecule has 0 bridgehead atoms. The Balaban J connectivity index is 2.32. The van der Waals surface area contributed by atoms with E-state index in [-0.39, 0.29) is 17.1 Å². The van der Waals surface area contributed by atoms with Crippen molar-refractivity contribution in [3.05, 3.63) is 42.0 Å². The summed E-state index contributed by atoms with van der Waals surface area (Å²) in [6.45, 7) is 0. The van der Waals surface area contributed by atoms with Crippen LogP contribution in [0.5, 0.6) is 0 Å². The molecule has 0 N–H and O–H groups in total. The number of hydrogen-bond acceptors (Lipinski definition) is 4. The minimum Gasteiger partial charge on any atom is -0.444 e. The fraction of sp³-hybridized carbons (Fsp3) is 0.167. The molecule has 5 nitrogen and oxygen atoms in total. The van der Waals surface area contributed by atoms with Crippen molar-refractivity contribution in [2.45, 2.75) is 0 Å². The third-order valence-electron chi connectivity index (χ3n) is 2.39. The molecule has 1 amide bonds. The molecule has 0 saturated heterocycles. The van der Waals surface area contributed by atoms with E-state index < -0.39 is 11.7 Å². The van der Waals surface area contributed by atoms with Gasteiger partial charge in [0, 0.05) is 7.05 Å². The first-order chi connectivity index (χ1) is 8.63. The molecule has 1 aromatic heterocycles. The second-order valence-electron chi connectivity index (χ2n) is 3.50. The maximum absolute atomic E-state index is 13.5. The van der Waals surface area contributed by atoms with Crippen molar-refractivity contribution in [1.82, 2.24) is 10.0 Å². The van der Waals surface area contributed by atoms with Gasteiger partial charge in [0.15, 0.2) is 5.69 Å². The number of hydroxylamine groups is 2. The first-order valence-corrected chi connectivity index (χ1v) is 5.16. The molecule has 0 saturated carbocycles. The normalized spacial score (nSPS) is 10.4. The summed E-state index contributed by atoms with van der Waals surface area (Å²) in [5.74, 6) is -0.872. The summed E-state index contributed by atoms with van der Waals surface area (Å²) in [5, 5.41) is 1.00. The van der Waals surface area contributed by atoms with Gasteiger partial charge in [-0.25, -0.2) is 14.4 Å². The van der Waals surface area contributed by atoms with Crippen LogP contribution in [0.25, 0.3) is 11.5 Å². The lowest BCUT2D eigenvalue weighted by atomic mass is 10.2. The zero-order chi connectivity index (χ0) is 13.1. The van der Waals surface area contributed by atoms with Gasteiger partial charge >= 0.3 is 0 Å². The highest BCUT2D eigenvalue weighted by atomic mass is 19.1. The van der Waals surface area contributed by atoms with Crippen molar-refractivity contribution in [3.63, 3.8) is 0 Å². The lowest BCUT2D eigenvalue weighted by Gasteiger charge is -2.10. The molecule has 6 heteroatoms. The standard InChI is InChI=1S/C12H11FN2O3/c1-15(17-2)12(16)10-7-18-11(14-10)8-5-3-4-6-9(8)13/h3-7H,1-2H3. The minimum absolute atomic E-state index is 0.0533. The largest absolute Gasteiger partial charge is 0.444 e. The molecule has 0 aliphatic carbocycles. The fourth-order valence-corrected chi connectivity index (χ4v) is 1.37.